The van der Waals surface area contributed by atoms with Crippen LogP contribution < -0.4 is 15.0 Å². The molecule has 0 aliphatic carbocycles. The molecule has 0 aromatic heterocycles. The zero-order valence-corrected chi connectivity index (χ0v) is 16.6. The molecule has 29 heavy (non-hydrogen) atoms. The number of nitrogens with zero attached hydrogens (tertiary/aromatic N) is 1. The lowest BCUT2D eigenvalue weighted by molar-refractivity contribution is -0.895. The quantitative estimate of drug-likeness (QED) is 0.733. The lowest BCUT2D eigenvalue weighted by Gasteiger charge is -2.31. The van der Waals surface area contributed by atoms with E-state index in [1.807, 2.05) is 24.3 Å². The van der Waals surface area contributed by atoms with Crippen LogP contribution in [0, 0.1) is 5.82 Å². The first kappa shape index (κ1) is 20.8. The highest BCUT2D eigenvalue weighted by Crippen LogP contribution is 2.13. The van der Waals surface area contributed by atoms with Crippen molar-refractivity contribution in [2.24, 2.45) is 0 Å². The molecule has 0 saturated carbocycles. The summed E-state index contributed by atoms with van der Waals surface area (Å²) >= 11 is 0. The highest BCUT2D eigenvalue weighted by atomic mass is 19.1. The molecular formula is C22H27FN3O3+. The fourth-order valence-electron chi connectivity index (χ4n) is 3.31. The van der Waals surface area contributed by atoms with Crippen LogP contribution in [-0.2, 0) is 16.0 Å². The van der Waals surface area contributed by atoms with Gasteiger partial charge >= 0.3 is 0 Å². The monoisotopic (exact) mass is 400 g/mol. The molecule has 1 fully saturated rings. The predicted octanol–water partition coefficient (Wildman–Crippen LogP) is 1.13. The topological polar surface area (TPSA) is 63.1 Å². The maximum atomic E-state index is 12.9. The maximum absolute atomic E-state index is 12.9. The van der Waals surface area contributed by atoms with Crippen molar-refractivity contribution in [2.75, 3.05) is 44.6 Å². The molecule has 1 saturated heterocycles. The van der Waals surface area contributed by atoms with Gasteiger partial charge in [0.1, 0.15) is 11.6 Å². The van der Waals surface area contributed by atoms with Gasteiger partial charge in [0.15, 0.2) is 13.2 Å². The zero-order valence-electron chi connectivity index (χ0n) is 16.6. The number of aryl methyl sites for hydroxylation is 1. The lowest BCUT2D eigenvalue weighted by atomic mass is 10.2. The summed E-state index contributed by atoms with van der Waals surface area (Å²) in [7, 11) is 0. The van der Waals surface area contributed by atoms with Crippen molar-refractivity contribution < 1.29 is 23.6 Å². The molecule has 2 aromatic rings. The Hall–Kier alpha value is -2.93. The molecule has 0 radical (unpaired) electrons. The van der Waals surface area contributed by atoms with E-state index in [2.05, 4.69) is 12.2 Å². The molecule has 1 aliphatic rings. The van der Waals surface area contributed by atoms with Crippen LogP contribution >= 0.6 is 0 Å². The number of halogens is 1. The first-order valence-corrected chi connectivity index (χ1v) is 9.92. The number of anilines is 1. The molecule has 0 spiro atoms. The number of benzene rings is 2. The van der Waals surface area contributed by atoms with Crippen LogP contribution in [0.25, 0.3) is 0 Å². The van der Waals surface area contributed by atoms with E-state index in [1.54, 1.807) is 4.90 Å². The molecule has 154 valence electrons. The Morgan fingerprint density at radius 2 is 1.86 bits per heavy atom. The number of hydrogen-bond acceptors (Lipinski definition) is 3. The SMILES string of the molecule is CCc1cccc(OCC(=O)N2CC[NH+](CC(=O)Nc3ccc(F)cc3)CC2)c1. The van der Waals surface area contributed by atoms with Crippen molar-refractivity contribution in [3.8, 4) is 5.75 Å². The number of piperazine rings is 1. The van der Waals surface area contributed by atoms with E-state index in [-0.39, 0.29) is 24.2 Å². The number of carbonyl (C=O) groups excluding carboxylic acids is 2. The first-order chi connectivity index (χ1) is 14.0. The van der Waals surface area contributed by atoms with Crippen molar-refractivity contribution in [1.29, 1.82) is 0 Å². The number of ether oxygens (including phenoxy) is 1. The number of nitrogens with one attached hydrogen (secondary N) is 2. The minimum absolute atomic E-state index is 0.0214. The van der Waals surface area contributed by atoms with Crippen LogP contribution in [0.1, 0.15) is 12.5 Å². The number of carbonyl (C=O) groups is 2. The maximum Gasteiger partial charge on any atom is 0.279 e. The van der Waals surface area contributed by atoms with Gasteiger partial charge in [0.25, 0.3) is 11.8 Å². The van der Waals surface area contributed by atoms with E-state index in [0.29, 0.717) is 44.2 Å². The number of hydrogen-bond donors (Lipinski definition) is 2. The van der Waals surface area contributed by atoms with Gasteiger partial charge < -0.3 is 19.9 Å². The van der Waals surface area contributed by atoms with Crippen LogP contribution in [0.5, 0.6) is 5.75 Å². The van der Waals surface area contributed by atoms with Crippen molar-refractivity contribution in [3.05, 3.63) is 59.9 Å². The first-order valence-electron chi connectivity index (χ1n) is 9.92. The highest BCUT2D eigenvalue weighted by Gasteiger charge is 2.25. The Labute approximate surface area is 170 Å². The second kappa shape index (κ2) is 10.0. The molecule has 1 aliphatic heterocycles. The Kier molecular flexibility index (Phi) is 7.19. The van der Waals surface area contributed by atoms with E-state index >= 15 is 0 Å². The molecule has 0 unspecified atom stereocenters. The van der Waals surface area contributed by atoms with Crippen LogP contribution in [0.2, 0.25) is 0 Å². The van der Waals surface area contributed by atoms with Gasteiger partial charge in [-0.3, -0.25) is 9.59 Å². The van der Waals surface area contributed by atoms with E-state index in [1.165, 1.54) is 29.8 Å². The minimum Gasteiger partial charge on any atom is -0.484 e. The summed E-state index contributed by atoms with van der Waals surface area (Å²) in [6.07, 6.45) is 0.921. The summed E-state index contributed by atoms with van der Waals surface area (Å²) in [4.78, 5) is 27.5. The average molecular weight is 400 g/mol. The summed E-state index contributed by atoms with van der Waals surface area (Å²) in [5.74, 6) is 0.211. The number of amides is 2. The predicted molar refractivity (Wildman–Crippen MR) is 108 cm³/mol. The van der Waals surface area contributed by atoms with Crippen molar-refractivity contribution in [2.45, 2.75) is 13.3 Å². The van der Waals surface area contributed by atoms with Gasteiger partial charge in [-0.1, -0.05) is 19.1 Å². The largest absolute Gasteiger partial charge is 0.484 e. The molecule has 0 bridgehead atoms. The van der Waals surface area contributed by atoms with Crippen LogP contribution in [0.15, 0.2) is 48.5 Å². The Bertz CT molecular complexity index is 833. The summed E-state index contributed by atoms with van der Waals surface area (Å²) in [5, 5.41) is 2.77. The Morgan fingerprint density at radius 1 is 1.14 bits per heavy atom. The number of rotatable bonds is 7. The highest BCUT2D eigenvalue weighted by molar-refractivity contribution is 5.91. The van der Waals surface area contributed by atoms with Crippen molar-refractivity contribution >= 4 is 17.5 Å². The summed E-state index contributed by atoms with van der Waals surface area (Å²) in [6.45, 7) is 5.01. The van der Waals surface area contributed by atoms with E-state index in [9.17, 15) is 14.0 Å². The van der Waals surface area contributed by atoms with E-state index < -0.39 is 0 Å². The minimum atomic E-state index is -0.337. The average Bonchev–Trinajstić information content (AvgIpc) is 2.74. The van der Waals surface area contributed by atoms with Gasteiger partial charge in [0, 0.05) is 5.69 Å². The van der Waals surface area contributed by atoms with E-state index in [4.69, 9.17) is 4.74 Å². The molecule has 7 heteroatoms. The third kappa shape index (κ3) is 6.29. The Balaban J connectivity index is 1.39. The van der Waals surface area contributed by atoms with Crippen molar-refractivity contribution in [1.82, 2.24) is 4.90 Å². The molecule has 2 N–H and O–H groups in total. The molecule has 2 amide bonds. The lowest BCUT2D eigenvalue weighted by Crippen LogP contribution is -3.15. The fourth-order valence-corrected chi connectivity index (χ4v) is 3.31. The van der Waals surface area contributed by atoms with Gasteiger partial charge in [-0.2, -0.15) is 0 Å². The van der Waals surface area contributed by atoms with Gasteiger partial charge in [-0.15, -0.1) is 0 Å². The zero-order chi connectivity index (χ0) is 20.6. The summed E-state index contributed by atoms with van der Waals surface area (Å²) in [5.41, 5.74) is 1.75. The molecule has 0 atom stereocenters. The standard InChI is InChI=1S/C22H26FN3O3/c1-2-17-4-3-5-20(14-17)29-16-22(28)26-12-10-25(11-13-26)15-21(27)24-19-8-6-18(23)7-9-19/h3-9,14H,2,10-13,15-16H2,1H3,(H,24,27)/p+1. The molecule has 2 aromatic carbocycles. The third-order valence-corrected chi connectivity index (χ3v) is 5.03. The van der Waals surface area contributed by atoms with Gasteiger partial charge in [0.05, 0.1) is 26.2 Å². The second-order valence-corrected chi connectivity index (χ2v) is 7.15. The number of quaternary nitrogens is 1. The molecule has 6 nitrogen and oxygen atoms in total. The van der Waals surface area contributed by atoms with Gasteiger partial charge in [0.2, 0.25) is 0 Å². The van der Waals surface area contributed by atoms with Crippen LogP contribution in [-0.4, -0.2) is 56.0 Å². The Morgan fingerprint density at radius 3 is 2.55 bits per heavy atom. The fraction of sp³-hybridized carbons (Fsp3) is 0.364. The van der Waals surface area contributed by atoms with E-state index in [0.717, 1.165) is 11.3 Å². The van der Waals surface area contributed by atoms with Crippen LogP contribution in [0.3, 0.4) is 0 Å². The molecule has 1 heterocycles. The van der Waals surface area contributed by atoms with Crippen LogP contribution in [0.4, 0.5) is 10.1 Å². The molecular weight excluding hydrogens is 373 g/mol. The molecule has 3 rings (SSSR count). The summed E-state index contributed by atoms with van der Waals surface area (Å²) < 4.78 is 18.6. The van der Waals surface area contributed by atoms with Crippen molar-refractivity contribution in [3.63, 3.8) is 0 Å². The van der Waals surface area contributed by atoms with Gasteiger partial charge in [-0.05, 0) is 48.4 Å². The van der Waals surface area contributed by atoms with Gasteiger partial charge in [-0.25, -0.2) is 4.39 Å². The summed E-state index contributed by atoms with van der Waals surface area (Å²) in [6, 6.07) is 13.5. The third-order valence-electron chi connectivity index (χ3n) is 5.03. The second-order valence-electron chi connectivity index (χ2n) is 7.15. The normalized spacial score (nSPS) is 14.5. The smallest absolute Gasteiger partial charge is 0.279 e.